The lowest BCUT2D eigenvalue weighted by Gasteiger charge is -2.33. The Morgan fingerprint density at radius 3 is 2.94 bits per heavy atom. The molecule has 5 nitrogen and oxygen atoms in total. The first-order chi connectivity index (χ1) is 7.66. The summed E-state index contributed by atoms with van der Waals surface area (Å²) >= 11 is 0. The second-order valence-electron chi connectivity index (χ2n) is 4.75. The monoisotopic (exact) mass is 225 g/mol. The van der Waals surface area contributed by atoms with Crippen molar-refractivity contribution in [3.63, 3.8) is 0 Å². The van der Waals surface area contributed by atoms with Crippen molar-refractivity contribution in [1.29, 1.82) is 0 Å². The van der Waals surface area contributed by atoms with E-state index < -0.39 is 0 Å². The zero-order chi connectivity index (χ0) is 11.5. The summed E-state index contributed by atoms with van der Waals surface area (Å²) in [6.45, 7) is 4.50. The average Bonchev–Trinajstić information content (AvgIpc) is 2.28. The van der Waals surface area contributed by atoms with Gasteiger partial charge < -0.3 is 15.5 Å². The van der Waals surface area contributed by atoms with Gasteiger partial charge in [-0.3, -0.25) is 9.59 Å². The van der Waals surface area contributed by atoms with Gasteiger partial charge in [0.05, 0.1) is 12.6 Å². The van der Waals surface area contributed by atoms with Crippen LogP contribution in [0.5, 0.6) is 0 Å². The van der Waals surface area contributed by atoms with Crippen LogP contribution in [0.2, 0.25) is 0 Å². The van der Waals surface area contributed by atoms with E-state index >= 15 is 0 Å². The minimum absolute atomic E-state index is 0.0524. The summed E-state index contributed by atoms with van der Waals surface area (Å²) in [6.07, 6.45) is 2.02. The number of rotatable bonds is 1. The molecular formula is C11H19N3O2. The van der Waals surface area contributed by atoms with E-state index in [4.69, 9.17) is 0 Å². The molecular weight excluding hydrogens is 206 g/mol. The highest BCUT2D eigenvalue weighted by atomic mass is 16.2. The number of nitrogens with one attached hydrogen (secondary N) is 2. The lowest BCUT2D eigenvalue weighted by molar-refractivity contribution is -0.140. The van der Waals surface area contributed by atoms with Gasteiger partial charge in [0.15, 0.2) is 0 Å². The fraction of sp³-hybridized carbons (Fsp3) is 0.818. The number of amides is 2. The number of piperazine rings is 1. The number of piperidine rings is 1. The normalized spacial score (nSPS) is 31.1. The minimum Gasteiger partial charge on any atom is -0.353 e. The topological polar surface area (TPSA) is 61.4 Å². The standard InChI is InChI=1S/C11H19N3O2/c1-8-2-3-12-9(6-8)11(16)14-5-4-13-10(15)7-14/h8-9,12H,2-7H2,1H3,(H,13,15). The third kappa shape index (κ3) is 2.52. The number of nitrogens with zero attached hydrogens (tertiary/aromatic N) is 1. The lowest BCUT2D eigenvalue weighted by Crippen LogP contribution is -2.56. The molecule has 0 saturated carbocycles. The molecule has 2 aliphatic rings. The Bertz CT molecular complexity index is 293. The Balaban J connectivity index is 1.92. The summed E-state index contributed by atoms with van der Waals surface area (Å²) in [4.78, 5) is 25.0. The van der Waals surface area contributed by atoms with Crippen LogP contribution in [0.3, 0.4) is 0 Å². The maximum Gasteiger partial charge on any atom is 0.240 e. The Morgan fingerprint density at radius 2 is 2.25 bits per heavy atom. The van der Waals surface area contributed by atoms with Gasteiger partial charge in [-0.05, 0) is 25.3 Å². The van der Waals surface area contributed by atoms with E-state index in [0.717, 1.165) is 19.4 Å². The zero-order valence-corrected chi connectivity index (χ0v) is 9.66. The first-order valence-electron chi connectivity index (χ1n) is 5.95. The molecule has 2 heterocycles. The summed E-state index contributed by atoms with van der Waals surface area (Å²) < 4.78 is 0. The molecule has 0 aromatic carbocycles. The Hall–Kier alpha value is -1.10. The number of hydrogen-bond donors (Lipinski definition) is 2. The molecule has 2 fully saturated rings. The van der Waals surface area contributed by atoms with E-state index in [9.17, 15) is 9.59 Å². The van der Waals surface area contributed by atoms with Gasteiger partial charge >= 0.3 is 0 Å². The van der Waals surface area contributed by atoms with E-state index in [2.05, 4.69) is 17.6 Å². The quantitative estimate of drug-likeness (QED) is 0.622. The molecule has 0 spiro atoms. The molecule has 2 amide bonds. The second kappa shape index (κ2) is 4.82. The van der Waals surface area contributed by atoms with Crippen LogP contribution in [-0.2, 0) is 9.59 Å². The van der Waals surface area contributed by atoms with Crippen molar-refractivity contribution in [2.45, 2.75) is 25.8 Å². The van der Waals surface area contributed by atoms with Crippen LogP contribution in [0.1, 0.15) is 19.8 Å². The van der Waals surface area contributed by atoms with Crippen molar-refractivity contribution >= 4 is 11.8 Å². The number of carbonyl (C=O) groups excluding carboxylic acids is 2. The summed E-state index contributed by atoms with van der Waals surface area (Å²) in [6, 6.07) is -0.0883. The van der Waals surface area contributed by atoms with Crippen molar-refractivity contribution in [2.75, 3.05) is 26.2 Å². The van der Waals surface area contributed by atoms with Crippen LogP contribution in [-0.4, -0.2) is 48.9 Å². The van der Waals surface area contributed by atoms with Gasteiger partial charge in [0.1, 0.15) is 0 Å². The smallest absolute Gasteiger partial charge is 0.240 e. The molecule has 16 heavy (non-hydrogen) atoms. The predicted octanol–water partition coefficient (Wildman–Crippen LogP) is -0.667. The first-order valence-corrected chi connectivity index (χ1v) is 5.95. The second-order valence-corrected chi connectivity index (χ2v) is 4.75. The van der Waals surface area contributed by atoms with Gasteiger partial charge in [-0.1, -0.05) is 6.92 Å². The molecule has 0 aliphatic carbocycles. The van der Waals surface area contributed by atoms with Crippen molar-refractivity contribution in [1.82, 2.24) is 15.5 Å². The van der Waals surface area contributed by atoms with Crippen LogP contribution >= 0.6 is 0 Å². The lowest BCUT2D eigenvalue weighted by atomic mass is 9.93. The Kier molecular flexibility index (Phi) is 3.43. The molecule has 0 bridgehead atoms. The van der Waals surface area contributed by atoms with Crippen LogP contribution < -0.4 is 10.6 Å². The first kappa shape index (κ1) is 11.4. The molecule has 2 atom stereocenters. The van der Waals surface area contributed by atoms with Crippen LogP contribution in [0.4, 0.5) is 0 Å². The van der Waals surface area contributed by atoms with Crippen molar-refractivity contribution < 1.29 is 9.59 Å². The van der Waals surface area contributed by atoms with E-state index in [0.29, 0.717) is 19.0 Å². The summed E-state index contributed by atoms with van der Waals surface area (Å²) in [5, 5.41) is 5.96. The summed E-state index contributed by atoms with van der Waals surface area (Å²) in [7, 11) is 0. The SMILES string of the molecule is CC1CCNC(C(=O)N2CCNC(=O)C2)C1. The molecule has 0 aromatic rings. The summed E-state index contributed by atoms with van der Waals surface area (Å²) in [5.41, 5.74) is 0. The van der Waals surface area contributed by atoms with Gasteiger partial charge in [-0.25, -0.2) is 0 Å². The Labute approximate surface area is 95.6 Å². The van der Waals surface area contributed by atoms with E-state index in [1.165, 1.54) is 0 Å². The van der Waals surface area contributed by atoms with Crippen molar-refractivity contribution in [2.24, 2.45) is 5.92 Å². The van der Waals surface area contributed by atoms with Crippen LogP contribution in [0.15, 0.2) is 0 Å². The third-order valence-corrected chi connectivity index (χ3v) is 3.31. The van der Waals surface area contributed by atoms with E-state index in [1.54, 1.807) is 4.90 Å². The van der Waals surface area contributed by atoms with E-state index in [1.807, 2.05) is 0 Å². The molecule has 5 heteroatoms. The predicted molar refractivity (Wildman–Crippen MR) is 59.8 cm³/mol. The number of carbonyl (C=O) groups is 2. The highest BCUT2D eigenvalue weighted by Crippen LogP contribution is 2.16. The average molecular weight is 225 g/mol. The Morgan fingerprint density at radius 1 is 1.44 bits per heavy atom. The number of hydrogen-bond acceptors (Lipinski definition) is 3. The van der Waals surface area contributed by atoms with E-state index in [-0.39, 0.29) is 24.4 Å². The molecule has 2 saturated heterocycles. The molecule has 2 rings (SSSR count). The third-order valence-electron chi connectivity index (χ3n) is 3.31. The fourth-order valence-electron chi connectivity index (χ4n) is 2.34. The molecule has 90 valence electrons. The van der Waals surface area contributed by atoms with Crippen molar-refractivity contribution in [3.8, 4) is 0 Å². The molecule has 2 N–H and O–H groups in total. The highest BCUT2D eigenvalue weighted by Gasteiger charge is 2.30. The zero-order valence-electron chi connectivity index (χ0n) is 9.66. The molecule has 2 aliphatic heterocycles. The van der Waals surface area contributed by atoms with Crippen LogP contribution in [0, 0.1) is 5.92 Å². The minimum atomic E-state index is -0.0883. The van der Waals surface area contributed by atoms with Gasteiger partial charge in [-0.2, -0.15) is 0 Å². The largest absolute Gasteiger partial charge is 0.353 e. The van der Waals surface area contributed by atoms with Gasteiger partial charge in [-0.15, -0.1) is 0 Å². The highest BCUT2D eigenvalue weighted by molar-refractivity contribution is 5.88. The van der Waals surface area contributed by atoms with Crippen LogP contribution in [0.25, 0.3) is 0 Å². The van der Waals surface area contributed by atoms with Gasteiger partial charge in [0.25, 0.3) is 0 Å². The van der Waals surface area contributed by atoms with Gasteiger partial charge in [0.2, 0.25) is 11.8 Å². The van der Waals surface area contributed by atoms with Crippen molar-refractivity contribution in [3.05, 3.63) is 0 Å². The molecule has 0 aromatic heterocycles. The molecule has 0 radical (unpaired) electrons. The maximum absolute atomic E-state index is 12.1. The summed E-state index contributed by atoms with van der Waals surface area (Å²) in [5.74, 6) is 0.624. The van der Waals surface area contributed by atoms with Gasteiger partial charge in [0, 0.05) is 13.1 Å². The fourth-order valence-corrected chi connectivity index (χ4v) is 2.34. The maximum atomic E-state index is 12.1. The molecule has 2 unspecified atom stereocenters.